The number of nitrogens with two attached hydrogens (primary N) is 2. The molecule has 4 aromatic heterocycles. The lowest BCUT2D eigenvalue weighted by molar-refractivity contribution is -0.0974. The molecule has 0 radical (unpaired) electrons. The summed E-state index contributed by atoms with van der Waals surface area (Å²) in [7, 11) is 0. The minimum Gasteiger partial charge on any atom is -0.399 e. The van der Waals surface area contributed by atoms with E-state index >= 15 is 0 Å². The van der Waals surface area contributed by atoms with Crippen LogP contribution in [0.3, 0.4) is 0 Å². The van der Waals surface area contributed by atoms with Gasteiger partial charge >= 0.3 is 6.03 Å². The minimum absolute atomic E-state index is 0. The second kappa shape index (κ2) is 20.3. The molecule has 6 N–H and O–H groups in total. The molecule has 4 fully saturated rings. The zero-order valence-electron chi connectivity index (χ0n) is 34.3. The van der Waals surface area contributed by atoms with E-state index in [1.54, 1.807) is 0 Å². The summed E-state index contributed by atoms with van der Waals surface area (Å²) in [5, 5.41) is 15.0. The van der Waals surface area contributed by atoms with Crippen LogP contribution in [0.25, 0.3) is 33.8 Å². The first kappa shape index (κ1) is 45.7. The van der Waals surface area contributed by atoms with E-state index in [0.29, 0.717) is 55.7 Å². The molecular formula is C45H62N12O5. The van der Waals surface area contributed by atoms with Crippen molar-refractivity contribution in [2.24, 2.45) is 16.6 Å². The van der Waals surface area contributed by atoms with E-state index in [1.807, 2.05) is 94.2 Å². The third-order valence-electron chi connectivity index (χ3n) is 10.9. The maximum Gasteiger partial charge on any atom is 0.319 e. The van der Waals surface area contributed by atoms with Gasteiger partial charge in [0, 0.05) is 85.0 Å². The molecule has 0 atom stereocenters. The van der Waals surface area contributed by atoms with Crippen molar-refractivity contribution in [3.05, 3.63) is 85.2 Å². The quantitative estimate of drug-likeness (QED) is 0.141. The predicted molar refractivity (Wildman–Crippen MR) is 245 cm³/mol. The predicted octanol–water partition coefficient (Wildman–Crippen LogP) is 5.46. The molecule has 6 aromatic rings. The summed E-state index contributed by atoms with van der Waals surface area (Å²) >= 11 is 0. The number of urea groups is 1. The fraction of sp³-hybridized carbons (Fsp3) is 0.444. The number of benzene rings is 2. The Bertz CT molecular complexity index is 2340. The Morgan fingerprint density at radius 1 is 0.661 bits per heavy atom. The molecule has 0 aliphatic carbocycles. The summed E-state index contributed by atoms with van der Waals surface area (Å²) in [5.74, 6) is 3.20. The molecule has 4 saturated heterocycles. The van der Waals surface area contributed by atoms with E-state index in [0.717, 1.165) is 98.6 Å². The van der Waals surface area contributed by atoms with Crippen molar-refractivity contribution in [1.29, 1.82) is 0 Å². The average molecular weight is 851 g/mol. The van der Waals surface area contributed by atoms with Crippen LogP contribution in [0, 0.1) is 10.8 Å². The van der Waals surface area contributed by atoms with Crippen LogP contribution >= 0.6 is 0 Å². The van der Waals surface area contributed by atoms with Crippen LogP contribution in [0.4, 0.5) is 27.8 Å². The van der Waals surface area contributed by atoms with Gasteiger partial charge in [-0.25, -0.2) is 23.8 Å². The number of hydrogen-bond acceptors (Lipinski definition) is 13. The molecule has 0 bridgehead atoms. The topological polar surface area (TPSA) is 197 Å². The highest BCUT2D eigenvalue weighted by atomic mass is 16.5. The second-order valence-corrected chi connectivity index (χ2v) is 16.2. The molecule has 17 nitrogen and oxygen atoms in total. The molecule has 10 rings (SSSR count). The Labute approximate surface area is 363 Å². The van der Waals surface area contributed by atoms with Crippen molar-refractivity contribution in [3.8, 4) is 22.8 Å². The highest BCUT2D eigenvalue weighted by molar-refractivity contribution is 5.89. The summed E-state index contributed by atoms with van der Waals surface area (Å²) in [6.07, 6.45) is 3.88. The first-order valence-corrected chi connectivity index (χ1v) is 20.4. The molecular weight excluding hydrogens is 789 g/mol. The van der Waals surface area contributed by atoms with Crippen LogP contribution in [-0.4, -0.2) is 127 Å². The summed E-state index contributed by atoms with van der Waals surface area (Å²) in [4.78, 5) is 26.3. The molecule has 4 aliphatic heterocycles. The molecule has 332 valence electrons. The Kier molecular flexibility index (Phi) is 15.0. The van der Waals surface area contributed by atoms with Crippen LogP contribution < -0.4 is 31.9 Å². The molecule has 62 heavy (non-hydrogen) atoms. The third-order valence-corrected chi connectivity index (χ3v) is 10.9. The normalized spacial score (nSPS) is 17.4. The SMILES string of the molecule is C.C.CC1(CN)COC1.CC1(CNC(=O)Nc2ccc(-c3nc(N4CCOCC4)c4cccn4n3)cc2)COC1.Nc1ccc(-c2nc(N3CCOCC3)c3cccn3n2)cc1. The van der Waals surface area contributed by atoms with Crippen LogP contribution in [0.15, 0.2) is 85.2 Å². The number of amides is 2. The number of carbonyl (C=O) groups excluding carboxylic acids is 1. The fourth-order valence-electron chi connectivity index (χ4n) is 7.02. The van der Waals surface area contributed by atoms with Crippen molar-refractivity contribution >= 4 is 40.1 Å². The highest BCUT2D eigenvalue weighted by Gasteiger charge is 2.33. The Balaban J connectivity index is 0.000000180. The van der Waals surface area contributed by atoms with Gasteiger partial charge in [-0.05, 0) is 72.8 Å². The number of fused-ring (bicyclic) bond motifs is 2. The number of hydrogen-bond donors (Lipinski definition) is 4. The first-order chi connectivity index (χ1) is 29.2. The van der Waals surface area contributed by atoms with E-state index in [2.05, 4.69) is 44.5 Å². The average Bonchev–Trinajstić information content (AvgIpc) is 3.95. The number of ether oxygens (including phenoxy) is 4. The van der Waals surface area contributed by atoms with Gasteiger partial charge in [-0.3, -0.25) is 0 Å². The number of rotatable bonds is 8. The number of nitrogens with zero attached hydrogens (tertiary/aromatic N) is 8. The standard InChI is InChI=1S/C22H26N6O3.C16H17N5O.C5H11NO.2CH4/c1-22(14-31-15-22)13-23-21(29)24-17-6-4-16(5-7-17)19-25-20(27-9-11-30-12-10-27)18-3-2-8-28(18)26-19;17-13-5-3-12(4-6-13)15-18-16(20-8-10-22-11-9-20)14-2-1-7-21(14)19-15;1-5(2-6)3-7-4-5;;/h2-8H,9-15H2,1H3,(H2,23,24,29);1-7H,8-11,17H2;2-4,6H2,1H3;2*1H4. The smallest absolute Gasteiger partial charge is 0.319 e. The van der Waals surface area contributed by atoms with Gasteiger partial charge in [-0.1, -0.05) is 28.7 Å². The highest BCUT2D eigenvalue weighted by Crippen LogP contribution is 2.28. The van der Waals surface area contributed by atoms with Gasteiger partial charge in [0.25, 0.3) is 0 Å². The van der Waals surface area contributed by atoms with Gasteiger partial charge in [-0.15, -0.1) is 10.2 Å². The monoisotopic (exact) mass is 850 g/mol. The Morgan fingerprint density at radius 2 is 1.11 bits per heavy atom. The molecule has 0 saturated carbocycles. The van der Waals surface area contributed by atoms with Crippen molar-refractivity contribution in [2.45, 2.75) is 28.7 Å². The summed E-state index contributed by atoms with van der Waals surface area (Å²) in [5.41, 5.74) is 16.8. The zero-order valence-corrected chi connectivity index (χ0v) is 34.3. The second-order valence-electron chi connectivity index (χ2n) is 16.2. The minimum atomic E-state index is -0.222. The van der Waals surface area contributed by atoms with Crippen LogP contribution in [0.2, 0.25) is 0 Å². The Morgan fingerprint density at radius 3 is 1.52 bits per heavy atom. The van der Waals surface area contributed by atoms with Crippen molar-refractivity contribution in [1.82, 2.24) is 34.5 Å². The maximum atomic E-state index is 12.2. The summed E-state index contributed by atoms with van der Waals surface area (Å²) in [6.45, 7) is 14.8. The third kappa shape index (κ3) is 10.8. The number of nitrogens with one attached hydrogen (secondary N) is 2. The van der Waals surface area contributed by atoms with Crippen LogP contribution in [0.5, 0.6) is 0 Å². The molecule has 17 heteroatoms. The molecule has 2 amide bonds. The molecule has 0 unspecified atom stereocenters. The van der Waals surface area contributed by atoms with Gasteiger partial charge in [0.15, 0.2) is 23.3 Å². The van der Waals surface area contributed by atoms with E-state index in [9.17, 15) is 4.79 Å². The van der Waals surface area contributed by atoms with Crippen molar-refractivity contribution in [3.63, 3.8) is 0 Å². The molecule has 4 aliphatic rings. The van der Waals surface area contributed by atoms with E-state index in [4.69, 9.17) is 40.4 Å². The fourth-order valence-corrected chi connectivity index (χ4v) is 7.02. The van der Waals surface area contributed by atoms with E-state index in [-0.39, 0.29) is 26.3 Å². The number of carbonyl (C=O) groups is 1. The van der Waals surface area contributed by atoms with Gasteiger partial charge < -0.3 is 50.8 Å². The van der Waals surface area contributed by atoms with E-state index < -0.39 is 0 Å². The molecule has 8 heterocycles. The maximum absolute atomic E-state index is 12.2. The van der Waals surface area contributed by atoms with Gasteiger partial charge in [0.1, 0.15) is 11.0 Å². The van der Waals surface area contributed by atoms with Gasteiger partial charge in [0.2, 0.25) is 0 Å². The lowest BCUT2D eigenvalue weighted by Gasteiger charge is -2.37. The number of aromatic nitrogens is 6. The van der Waals surface area contributed by atoms with Gasteiger partial charge in [-0.2, -0.15) is 0 Å². The first-order valence-electron chi connectivity index (χ1n) is 20.4. The lowest BCUT2D eigenvalue weighted by atomic mass is 9.89. The Hall–Kier alpha value is -5.85. The summed E-state index contributed by atoms with van der Waals surface area (Å²) < 4.78 is 24.8. The van der Waals surface area contributed by atoms with Gasteiger partial charge in [0.05, 0.1) is 52.9 Å². The molecule has 2 aromatic carbocycles. The molecule has 0 spiro atoms. The lowest BCUT2D eigenvalue weighted by Crippen LogP contribution is -2.49. The van der Waals surface area contributed by atoms with Crippen molar-refractivity contribution in [2.75, 3.05) is 113 Å². The van der Waals surface area contributed by atoms with Crippen LogP contribution in [-0.2, 0) is 18.9 Å². The number of anilines is 4. The largest absolute Gasteiger partial charge is 0.399 e. The van der Waals surface area contributed by atoms with Crippen molar-refractivity contribution < 1.29 is 23.7 Å². The number of morpholine rings is 2. The number of nitrogen functional groups attached to an aromatic ring is 1. The summed E-state index contributed by atoms with van der Waals surface area (Å²) in [6, 6.07) is 23.0. The zero-order chi connectivity index (χ0) is 41.5. The van der Waals surface area contributed by atoms with Crippen LogP contribution in [0.1, 0.15) is 28.7 Å². The van der Waals surface area contributed by atoms with E-state index in [1.165, 1.54) is 0 Å².